The van der Waals surface area contributed by atoms with Gasteiger partial charge in [0.2, 0.25) is 5.91 Å². The van der Waals surface area contributed by atoms with Gasteiger partial charge in [-0.05, 0) is 48.2 Å². The Balaban J connectivity index is 1.48. The molecule has 0 atom stereocenters. The molecule has 4 rings (SSSR count). The lowest BCUT2D eigenvalue weighted by atomic mass is 10.1. The first-order valence-corrected chi connectivity index (χ1v) is 8.68. The Labute approximate surface area is 146 Å². The van der Waals surface area contributed by atoms with Crippen LogP contribution in [0.4, 0.5) is 4.39 Å². The Morgan fingerprint density at radius 1 is 1.24 bits per heavy atom. The van der Waals surface area contributed by atoms with Crippen molar-refractivity contribution in [3.8, 4) is 5.75 Å². The number of carbonyl (C=O) groups excluding carboxylic acids is 1. The standard InChI is InChI=1S/C21H20FNO2/c22-19-4-2-1-3-17(19)14-23(18-7-8-18)21(24)10-6-15-5-9-20-16(13-15)11-12-25-20/h1-6,9-10,13,18H,7-8,11-12,14H2/b10-6+. The van der Waals surface area contributed by atoms with Crippen LogP contribution in [0.3, 0.4) is 0 Å². The molecule has 1 aliphatic carbocycles. The lowest BCUT2D eigenvalue weighted by Gasteiger charge is -2.21. The SMILES string of the molecule is O=C(/C=C/c1ccc2c(c1)CCO2)N(Cc1ccccc1F)C1CC1. The van der Waals surface area contributed by atoms with Crippen LogP contribution in [0.25, 0.3) is 6.08 Å². The summed E-state index contributed by atoms with van der Waals surface area (Å²) in [6.07, 6.45) is 6.31. The third-order valence-electron chi connectivity index (χ3n) is 4.70. The number of ether oxygens (including phenoxy) is 1. The predicted molar refractivity (Wildman–Crippen MR) is 94.6 cm³/mol. The molecular formula is C21H20FNO2. The normalized spacial score (nSPS) is 15.9. The van der Waals surface area contributed by atoms with Crippen molar-refractivity contribution in [3.05, 3.63) is 71.0 Å². The smallest absolute Gasteiger partial charge is 0.247 e. The molecule has 2 aromatic carbocycles. The highest BCUT2D eigenvalue weighted by molar-refractivity contribution is 5.92. The molecule has 0 N–H and O–H groups in total. The minimum absolute atomic E-state index is 0.0671. The average Bonchev–Trinajstić information content (AvgIpc) is 3.35. The zero-order valence-corrected chi connectivity index (χ0v) is 14.0. The quantitative estimate of drug-likeness (QED) is 0.773. The van der Waals surface area contributed by atoms with Gasteiger partial charge in [0.1, 0.15) is 11.6 Å². The summed E-state index contributed by atoms with van der Waals surface area (Å²) in [5, 5.41) is 0. The molecule has 25 heavy (non-hydrogen) atoms. The Hall–Kier alpha value is -2.62. The van der Waals surface area contributed by atoms with E-state index in [9.17, 15) is 9.18 Å². The molecule has 1 fully saturated rings. The van der Waals surface area contributed by atoms with E-state index >= 15 is 0 Å². The summed E-state index contributed by atoms with van der Waals surface area (Å²) >= 11 is 0. The number of fused-ring (bicyclic) bond motifs is 1. The van der Waals surface area contributed by atoms with E-state index in [1.165, 1.54) is 11.6 Å². The second kappa shape index (κ2) is 6.71. The van der Waals surface area contributed by atoms with Crippen molar-refractivity contribution in [3.63, 3.8) is 0 Å². The zero-order chi connectivity index (χ0) is 17.2. The highest BCUT2D eigenvalue weighted by Gasteiger charge is 2.32. The van der Waals surface area contributed by atoms with Gasteiger partial charge in [-0.15, -0.1) is 0 Å². The molecule has 128 valence electrons. The number of halogens is 1. The lowest BCUT2D eigenvalue weighted by Crippen LogP contribution is -2.31. The number of benzene rings is 2. The van der Waals surface area contributed by atoms with Gasteiger partial charge < -0.3 is 9.64 Å². The summed E-state index contributed by atoms with van der Waals surface area (Å²) in [5.41, 5.74) is 2.73. The monoisotopic (exact) mass is 337 g/mol. The molecule has 0 radical (unpaired) electrons. The summed E-state index contributed by atoms with van der Waals surface area (Å²) in [5.74, 6) is 0.605. The van der Waals surface area contributed by atoms with E-state index in [4.69, 9.17) is 4.74 Å². The Morgan fingerprint density at radius 2 is 2.08 bits per heavy atom. The van der Waals surface area contributed by atoms with Gasteiger partial charge in [0.05, 0.1) is 6.61 Å². The molecule has 0 aromatic heterocycles. The number of amides is 1. The van der Waals surface area contributed by atoms with E-state index in [1.807, 2.05) is 18.2 Å². The number of hydrogen-bond acceptors (Lipinski definition) is 2. The molecule has 0 spiro atoms. The molecular weight excluding hydrogens is 317 g/mol. The molecule has 1 amide bonds. The van der Waals surface area contributed by atoms with Crippen LogP contribution in [0.5, 0.6) is 5.75 Å². The van der Waals surface area contributed by atoms with E-state index in [0.717, 1.165) is 37.2 Å². The first-order chi connectivity index (χ1) is 12.2. The molecule has 1 heterocycles. The third kappa shape index (κ3) is 3.58. The molecule has 4 heteroatoms. The van der Waals surface area contributed by atoms with E-state index in [1.54, 1.807) is 29.2 Å². The highest BCUT2D eigenvalue weighted by Crippen LogP contribution is 2.30. The van der Waals surface area contributed by atoms with Crippen LogP contribution in [0, 0.1) is 5.82 Å². The summed E-state index contributed by atoms with van der Waals surface area (Å²) in [6.45, 7) is 1.04. The van der Waals surface area contributed by atoms with E-state index in [0.29, 0.717) is 12.1 Å². The molecule has 1 saturated carbocycles. The molecule has 2 aliphatic rings. The van der Waals surface area contributed by atoms with Crippen LogP contribution >= 0.6 is 0 Å². The van der Waals surface area contributed by atoms with Crippen molar-refractivity contribution < 1.29 is 13.9 Å². The van der Waals surface area contributed by atoms with Crippen molar-refractivity contribution >= 4 is 12.0 Å². The molecule has 0 bridgehead atoms. The van der Waals surface area contributed by atoms with Gasteiger partial charge in [-0.1, -0.05) is 24.3 Å². The fourth-order valence-electron chi connectivity index (χ4n) is 3.16. The summed E-state index contributed by atoms with van der Waals surface area (Å²) in [7, 11) is 0. The summed E-state index contributed by atoms with van der Waals surface area (Å²) in [6, 6.07) is 12.8. The first kappa shape index (κ1) is 15.9. The van der Waals surface area contributed by atoms with Gasteiger partial charge in [-0.3, -0.25) is 4.79 Å². The molecule has 2 aromatic rings. The lowest BCUT2D eigenvalue weighted by molar-refractivity contribution is -0.127. The van der Waals surface area contributed by atoms with Gasteiger partial charge >= 0.3 is 0 Å². The van der Waals surface area contributed by atoms with Gasteiger partial charge in [0.25, 0.3) is 0 Å². The van der Waals surface area contributed by atoms with E-state index in [2.05, 4.69) is 6.07 Å². The average molecular weight is 337 g/mol. The third-order valence-corrected chi connectivity index (χ3v) is 4.70. The van der Waals surface area contributed by atoms with Crippen molar-refractivity contribution in [1.82, 2.24) is 4.90 Å². The largest absolute Gasteiger partial charge is 0.493 e. The number of rotatable bonds is 5. The van der Waals surface area contributed by atoms with Gasteiger partial charge in [0, 0.05) is 30.6 Å². The van der Waals surface area contributed by atoms with Crippen LogP contribution in [-0.2, 0) is 17.8 Å². The van der Waals surface area contributed by atoms with E-state index in [-0.39, 0.29) is 17.8 Å². The Morgan fingerprint density at radius 3 is 2.88 bits per heavy atom. The molecule has 3 nitrogen and oxygen atoms in total. The van der Waals surface area contributed by atoms with Crippen LogP contribution in [0.1, 0.15) is 29.5 Å². The minimum Gasteiger partial charge on any atom is -0.493 e. The van der Waals surface area contributed by atoms with Crippen molar-refractivity contribution in [2.24, 2.45) is 0 Å². The van der Waals surface area contributed by atoms with Crippen LogP contribution in [0.15, 0.2) is 48.5 Å². The van der Waals surface area contributed by atoms with E-state index < -0.39 is 0 Å². The number of nitrogens with zero attached hydrogens (tertiary/aromatic N) is 1. The predicted octanol–water partition coefficient (Wildman–Crippen LogP) is 3.97. The topological polar surface area (TPSA) is 29.5 Å². The van der Waals surface area contributed by atoms with Crippen LogP contribution < -0.4 is 4.74 Å². The van der Waals surface area contributed by atoms with Crippen molar-refractivity contribution in [2.75, 3.05) is 6.61 Å². The summed E-state index contributed by atoms with van der Waals surface area (Å²) < 4.78 is 19.4. The summed E-state index contributed by atoms with van der Waals surface area (Å²) in [4.78, 5) is 14.4. The first-order valence-electron chi connectivity index (χ1n) is 8.68. The Bertz CT molecular complexity index is 826. The Kier molecular flexibility index (Phi) is 4.26. The second-order valence-corrected chi connectivity index (χ2v) is 6.59. The number of carbonyl (C=O) groups is 1. The highest BCUT2D eigenvalue weighted by atomic mass is 19.1. The fraction of sp³-hybridized carbons (Fsp3) is 0.286. The maximum absolute atomic E-state index is 13.9. The van der Waals surface area contributed by atoms with Gasteiger partial charge in [-0.25, -0.2) is 4.39 Å². The molecule has 0 saturated heterocycles. The number of hydrogen-bond donors (Lipinski definition) is 0. The van der Waals surface area contributed by atoms with Gasteiger partial charge in [-0.2, -0.15) is 0 Å². The van der Waals surface area contributed by atoms with Crippen molar-refractivity contribution in [1.29, 1.82) is 0 Å². The molecule has 1 aliphatic heterocycles. The second-order valence-electron chi connectivity index (χ2n) is 6.59. The van der Waals surface area contributed by atoms with Crippen LogP contribution in [0.2, 0.25) is 0 Å². The van der Waals surface area contributed by atoms with Gasteiger partial charge in [0.15, 0.2) is 0 Å². The maximum atomic E-state index is 13.9. The minimum atomic E-state index is -0.261. The van der Waals surface area contributed by atoms with Crippen LogP contribution in [-0.4, -0.2) is 23.5 Å². The maximum Gasteiger partial charge on any atom is 0.247 e. The fourth-order valence-corrected chi connectivity index (χ4v) is 3.16. The molecule has 0 unspecified atom stereocenters. The zero-order valence-electron chi connectivity index (χ0n) is 14.0. The van der Waals surface area contributed by atoms with Crippen molar-refractivity contribution in [2.45, 2.75) is 31.8 Å².